The highest BCUT2D eigenvalue weighted by atomic mass is 32.2. The third-order valence-corrected chi connectivity index (χ3v) is 6.31. The van der Waals surface area contributed by atoms with Crippen LogP contribution in [-0.2, 0) is 14.6 Å². The number of aliphatic imine (C=N–C) groups is 1. The van der Waals surface area contributed by atoms with Gasteiger partial charge in [-0.2, -0.15) is 0 Å². The minimum atomic E-state index is -2.95. The Morgan fingerprint density at radius 2 is 2.04 bits per heavy atom. The maximum Gasteiger partial charge on any atom is 0.243 e. The van der Waals surface area contributed by atoms with E-state index in [1.165, 1.54) is 17.7 Å². The highest BCUT2D eigenvalue weighted by Crippen LogP contribution is 2.12. The van der Waals surface area contributed by atoms with Gasteiger partial charge in [0.15, 0.2) is 15.8 Å². The molecule has 0 radical (unpaired) electrons. The summed E-state index contributed by atoms with van der Waals surface area (Å²) in [6, 6.07) is -0.138. The van der Waals surface area contributed by atoms with Gasteiger partial charge in [-0.1, -0.05) is 33.1 Å². The number of rotatable bonds is 9. The maximum atomic E-state index is 11.8. The van der Waals surface area contributed by atoms with Gasteiger partial charge in [0.2, 0.25) is 5.91 Å². The monoisotopic (exact) mass is 374 g/mol. The molecule has 25 heavy (non-hydrogen) atoms. The van der Waals surface area contributed by atoms with Crippen molar-refractivity contribution in [2.45, 2.75) is 52.0 Å². The van der Waals surface area contributed by atoms with Gasteiger partial charge in [-0.05, 0) is 18.8 Å². The van der Waals surface area contributed by atoms with Crippen molar-refractivity contribution in [1.82, 2.24) is 15.5 Å². The number of sulfone groups is 1. The quantitative estimate of drug-likeness (QED) is 0.464. The van der Waals surface area contributed by atoms with Gasteiger partial charge in [-0.25, -0.2) is 13.4 Å². The lowest BCUT2D eigenvalue weighted by Crippen LogP contribution is -2.46. The van der Waals surface area contributed by atoms with Crippen LogP contribution in [0.4, 0.5) is 0 Å². The van der Waals surface area contributed by atoms with Crippen LogP contribution in [0.3, 0.4) is 0 Å². The number of hydrogen-bond acceptors (Lipinski definition) is 4. The second kappa shape index (κ2) is 10.6. The average Bonchev–Trinajstić information content (AvgIpc) is 2.90. The highest BCUT2D eigenvalue weighted by molar-refractivity contribution is 7.91. The van der Waals surface area contributed by atoms with Crippen LogP contribution in [0.1, 0.15) is 46.0 Å². The zero-order chi connectivity index (χ0) is 18.9. The summed E-state index contributed by atoms with van der Waals surface area (Å²) < 4.78 is 23.3. The summed E-state index contributed by atoms with van der Waals surface area (Å²) in [6.45, 7) is 5.18. The fourth-order valence-electron chi connectivity index (χ4n) is 2.73. The third-order valence-electron chi connectivity index (χ3n) is 4.55. The average molecular weight is 375 g/mol. The lowest BCUT2D eigenvalue weighted by molar-refractivity contribution is -0.127. The van der Waals surface area contributed by atoms with E-state index in [0.29, 0.717) is 18.3 Å². The van der Waals surface area contributed by atoms with Crippen LogP contribution >= 0.6 is 0 Å². The van der Waals surface area contributed by atoms with Crippen molar-refractivity contribution >= 4 is 21.7 Å². The largest absolute Gasteiger partial charge is 0.356 e. The molecule has 1 heterocycles. The van der Waals surface area contributed by atoms with Gasteiger partial charge in [0.05, 0.1) is 11.5 Å². The van der Waals surface area contributed by atoms with Crippen LogP contribution in [0.2, 0.25) is 0 Å². The Morgan fingerprint density at radius 3 is 2.56 bits per heavy atom. The molecule has 146 valence electrons. The second-order valence-electron chi connectivity index (χ2n) is 6.99. The lowest BCUT2D eigenvalue weighted by atomic mass is 9.99. The van der Waals surface area contributed by atoms with Gasteiger partial charge in [-0.15, -0.1) is 0 Å². The van der Waals surface area contributed by atoms with E-state index in [1.54, 1.807) is 14.1 Å². The van der Waals surface area contributed by atoms with Gasteiger partial charge in [-0.3, -0.25) is 4.79 Å². The smallest absolute Gasteiger partial charge is 0.243 e. The van der Waals surface area contributed by atoms with Crippen LogP contribution in [-0.4, -0.2) is 69.9 Å². The molecular formula is C17H34N4O3S. The van der Waals surface area contributed by atoms with Gasteiger partial charge in [0, 0.05) is 26.7 Å². The molecule has 1 aliphatic heterocycles. The Bertz CT molecular complexity index is 546. The number of hydrogen-bond donors (Lipinski definition) is 2. The van der Waals surface area contributed by atoms with Crippen LogP contribution < -0.4 is 10.6 Å². The molecule has 0 spiro atoms. The summed E-state index contributed by atoms with van der Waals surface area (Å²) in [6.07, 6.45) is 5.18. The summed E-state index contributed by atoms with van der Waals surface area (Å²) in [5.74, 6) is 1.33. The molecule has 1 fully saturated rings. The normalized spacial score (nSPS) is 21.0. The molecule has 2 atom stereocenters. The first kappa shape index (κ1) is 21.7. The van der Waals surface area contributed by atoms with E-state index >= 15 is 0 Å². The van der Waals surface area contributed by atoms with Crippen molar-refractivity contribution < 1.29 is 13.2 Å². The molecule has 0 bridgehead atoms. The Labute approximate surface area is 152 Å². The van der Waals surface area contributed by atoms with Crippen molar-refractivity contribution in [3.05, 3.63) is 0 Å². The molecule has 0 aromatic heterocycles. The topological polar surface area (TPSA) is 90.9 Å². The first-order chi connectivity index (χ1) is 11.8. The van der Waals surface area contributed by atoms with E-state index in [4.69, 9.17) is 0 Å². The molecule has 7 nitrogen and oxygen atoms in total. The molecule has 0 aromatic rings. The minimum absolute atomic E-state index is 0.0492. The molecule has 1 amide bonds. The van der Waals surface area contributed by atoms with E-state index in [0.717, 1.165) is 19.4 Å². The van der Waals surface area contributed by atoms with E-state index in [-0.39, 0.29) is 30.0 Å². The summed E-state index contributed by atoms with van der Waals surface area (Å²) >= 11 is 0. The van der Waals surface area contributed by atoms with Crippen molar-refractivity contribution in [2.24, 2.45) is 10.9 Å². The summed E-state index contributed by atoms with van der Waals surface area (Å²) in [7, 11) is 0.434. The molecule has 0 aromatic carbocycles. The molecule has 2 N–H and O–H groups in total. The Morgan fingerprint density at radius 1 is 1.32 bits per heavy atom. The Balaban J connectivity index is 2.66. The molecule has 1 rings (SSSR count). The van der Waals surface area contributed by atoms with Gasteiger partial charge in [0.1, 0.15) is 6.54 Å². The molecule has 1 aliphatic rings. The number of carbonyl (C=O) groups is 1. The van der Waals surface area contributed by atoms with Crippen molar-refractivity contribution in [2.75, 3.05) is 38.7 Å². The van der Waals surface area contributed by atoms with E-state index < -0.39 is 9.84 Å². The first-order valence-electron chi connectivity index (χ1n) is 9.22. The number of guanidine groups is 1. The molecule has 0 saturated carbocycles. The number of unbranched alkanes of at least 4 members (excludes halogenated alkanes) is 1. The second-order valence-corrected chi connectivity index (χ2v) is 9.22. The fourth-order valence-corrected chi connectivity index (χ4v) is 4.40. The highest BCUT2D eigenvalue weighted by Gasteiger charge is 2.28. The Hall–Kier alpha value is -1.31. The molecule has 8 heteroatoms. The standard InChI is InChI=1S/C17H34N4O3S/c1-5-7-8-14(6-2)11-18-17(19-12-16(22)21(3)4)20-15-9-10-25(23,24)13-15/h14-15H,5-13H2,1-4H3,(H2,18,19,20). The summed E-state index contributed by atoms with van der Waals surface area (Å²) in [5.41, 5.74) is 0. The minimum Gasteiger partial charge on any atom is -0.356 e. The van der Waals surface area contributed by atoms with Crippen LogP contribution in [0.25, 0.3) is 0 Å². The number of nitrogens with zero attached hydrogens (tertiary/aromatic N) is 2. The fraction of sp³-hybridized carbons (Fsp3) is 0.882. The van der Waals surface area contributed by atoms with Crippen LogP contribution in [0, 0.1) is 5.92 Å². The maximum absolute atomic E-state index is 11.8. The lowest BCUT2D eigenvalue weighted by Gasteiger charge is -2.20. The predicted molar refractivity (Wildman–Crippen MR) is 102 cm³/mol. The van der Waals surface area contributed by atoms with Gasteiger partial charge < -0.3 is 15.5 Å². The molecule has 2 unspecified atom stereocenters. The van der Waals surface area contributed by atoms with Crippen LogP contribution in [0.5, 0.6) is 0 Å². The van der Waals surface area contributed by atoms with Gasteiger partial charge >= 0.3 is 0 Å². The van der Waals surface area contributed by atoms with Gasteiger partial charge in [0.25, 0.3) is 0 Å². The predicted octanol–water partition coefficient (Wildman–Crippen LogP) is 1.01. The number of likely N-dealkylation sites (N-methyl/N-ethyl adjacent to an activating group) is 1. The molecule has 1 saturated heterocycles. The van der Waals surface area contributed by atoms with Crippen LogP contribution in [0.15, 0.2) is 4.99 Å². The summed E-state index contributed by atoms with van der Waals surface area (Å²) in [4.78, 5) is 17.6. The van der Waals surface area contributed by atoms with Crippen molar-refractivity contribution in [1.29, 1.82) is 0 Å². The molecule has 0 aliphatic carbocycles. The van der Waals surface area contributed by atoms with Crippen molar-refractivity contribution in [3.8, 4) is 0 Å². The zero-order valence-corrected chi connectivity index (χ0v) is 16.9. The van der Waals surface area contributed by atoms with E-state index in [2.05, 4.69) is 29.5 Å². The Kier molecular flexibility index (Phi) is 9.24. The van der Waals surface area contributed by atoms with E-state index in [9.17, 15) is 13.2 Å². The van der Waals surface area contributed by atoms with Crippen molar-refractivity contribution in [3.63, 3.8) is 0 Å². The SMILES string of the molecule is CCCCC(CC)CNC(=NCC(=O)N(C)C)NC1CCS(=O)(=O)C1. The first-order valence-corrected chi connectivity index (χ1v) is 11.0. The van der Waals surface area contributed by atoms with E-state index in [1.807, 2.05) is 0 Å². The zero-order valence-electron chi connectivity index (χ0n) is 16.0. The number of carbonyl (C=O) groups excluding carboxylic acids is 1. The third kappa shape index (κ3) is 8.56. The summed E-state index contributed by atoms with van der Waals surface area (Å²) in [5, 5.41) is 6.49. The number of amides is 1. The molecular weight excluding hydrogens is 340 g/mol. The number of nitrogens with one attached hydrogen (secondary N) is 2.